The number of nitrogens with zero attached hydrogens (tertiary/aromatic N) is 1. The van der Waals surface area contributed by atoms with E-state index in [1.165, 1.54) is 42.3 Å². The van der Waals surface area contributed by atoms with Crippen LogP contribution in [0.5, 0.6) is 0 Å². The molecule has 0 unspecified atom stereocenters. The average Bonchev–Trinajstić information content (AvgIpc) is 2.67. The van der Waals surface area contributed by atoms with Crippen molar-refractivity contribution in [3.63, 3.8) is 0 Å². The molecule has 0 spiro atoms. The van der Waals surface area contributed by atoms with Gasteiger partial charge in [0.15, 0.2) is 0 Å². The van der Waals surface area contributed by atoms with Gasteiger partial charge in [-0.05, 0) is 55.9 Å². The molecule has 1 aromatic carbocycles. The SMILES string of the molecule is CC.Cc1nc2cc3c(cc2[nH]1)CCCC3. The third kappa shape index (κ3) is 1.97. The van der Waals surface area contributed by atoms with Gasteiger partial charge in [0.1, 0.15) is 5.82 Å². The molecule has 0 atom stereocenters. The summed E-state index contributed by atoms with van der Waals surface area (Å²) in [6, 6.07) is 4.54. The maximum Gasteiger partial charge on any atom is 0.104 e. The van der Waals surface area contributed by atoms with Crippen molar-refractivity contribution >= 4 is 11.0 Å². The minimum atomic E-state index is 1.02. The molecule has 16 heavy (non-hydrogen) atoms. The monoisotopic (exact) mass is 216 g/mol. The molecule has 0 saturated heterocycles. The summed E-state index contributed by atoms with van der Waals surface area (Å²) in [5.74, 6) is 1.02. The first-order valence-corrected chi connectivity index (χ1v) is 6.31. The predicted molar refractivity (Wildman–Crippen MR) is 68.8 cm³/mol. The van der Waals surface area contributed by atoms with Gasteiger partial charge in [-0.25, -0.2) is 4.98 Å². The highest BCUT2D eigenvalue weighted by molar-refractivity contribution is 5.77. The van der Waals surface area contributed by atoms with E-state index in [1.807, 2.05) is 20.8 Å². The Morgan fingerprint density at radius 2 is 1.69 bits per heavy atom. The Kier molecular flexibility index (Phi) is 3.28. The molecule has 2 heteroatoms. The lowest BCUT2D eigenvalue weighted by Crippen LogP contribution is -2.01. The first-order valence-electron chi connectivity index (χ1n) is 6.31. The minimum Gasteiger partial charge on any atom is -0.342 e. The van der Waals surface area contributed by atoms with Crippen LogP contribution in [0.2, 0.25) is 0 Å². The van der Waals surface area contributed by atoms with Crippen molar-refractivity contribution in [2.45, 2.75) is 46.5 Å². The van der Waals surface area contributed by atoms with Crippen molar-refractivity contribution in [2.75, 3.05) is 0 Å². The second-order valence-corrected chi connectivity index (χ2v) is 4.17. The lowest BCUT2D eigenvalue weighted by atomic mass is 9.91. The summed E-state index contributed by atoms with van der Waals surface area (Å²) >= 11 is 0. The van der Waals surface area contributed by atoms with Crippen LogP contribution in [-0.4, -0.2) is 9.97 Å². The first-order chi connectivity index (χ1) is 7.83. The van der Waals surface area contributed by atoms with Crippen molar-refractivity contribution in [2.24, 2.45) is 0 Å². The van der Waals surface area contributed by atoms with Crippen LogP contribution in [0.25, 0.3) is 11.0 Å². The molecule has 0 fully saturated rings. The summed E-state index contributed by atoms with van der Waals surface area (Å²) in [5.41, 5.74) is 5.36. The molecular formula is C14H20N2. The molecule has 1 N–H and O–H groups in total. The highest BCUT2D eigenvalue weighted by Crippen LogP contribution is 2.25. The Balaban J connectivity index is 0.000000457. The average molecular weight is 216 g/mol. The van der Waals surface area contributed by atoms with E-state index < -0.39 is 0 Å². The Hall–Kier alpha value is -1.31. The number of H-pyrrole nitrogens is 1. The number of imidazole rings is 1. The third-order valence-corrected chi connectivity index (χ3v) is 3.06. The Morgan fingerprint density at radius 1 is 1.06 bits per heavy atom. The summed E-state index contributed by atoms with van der Waals surface area (Å²) in [6.07, 6.45) is 5.15. The molecule has 1 aromatic heterocycles. The fraction of sp³-hybridized carbons (Fsp3) is 0.500. The highest BCUT2D eigenvalue weighted by Gasteiger charge is 2.11. The van der Waals surface area contributed by atoms with E-state index in [0.717, 1.165) is 11.3 Å². The van der Waals surface area contributed by atoms with Gasteiger partial charge in [-0.3, -0.25) is 0 Å². The number of hydrogen-bond donors (Lipinski definition) is 1. The van der Waals surface area contributed by atoms with Crippen LogP contribution >= 0.6 is 0 Å². The number of hydrogen-bond acceptors (Lipinski definition) is 1. The van der Waals surface area contributed by atoms with Gasteiger partial charge in [-0.15, -0.1) is 0 Å². The molecule has 0 amide bonds. The van der Waals surface area contributed by atoms with Crippen molar-refractivity contribution < 1.29 is 0 Å². The van der Waals surface area contributed by atoms with Gasteiger partial charge in [-0.1, -0.05) is 13.8 Å². The molecule has 2 nitrogen and oxygen atoms in total. The predicted octanol–water partition coefficient (Wildman–Crippen LogP) is 3.78. The molecule has 2 aromatic rings. The summed E-state index contributed by atoms with van der Waals surface area (Å²) < 4.78 is 0. The van der Waals surface area contributed by atoms with Crippen molar-refractivity contribution in [1.29, 1.82) is 0 Å². The minimum absolute atomic E-state index is 1.02. The van der Waals surface area contributed by atoms with E-state index in [2.05, 4.69) is 22.1 Å². The van der Waals surface area contributed by atoms with E-state index >= 15 is 0 Å². The van der Waals surface area contributed by atoms with Gasteiger partial charge >= 0.3 is 0 Å². The molecule has 86 valence electrons. The van der Waals surface area contributed by atoms with Crippen LogP contribution < -0.4 is 0 Å². The number of aromatic amines is 1. The Labute approximate surface area is 97.1 Å². The molecule has 0 saturated carbocycles. The number of rotatable bonds is 0. The zero-order valence-electron chi connectivity index (χ0n) is 10.4. The number of benzene rings is 1. The molecule has 1 aliphatic carbocycles. The van der Waals surface area contributed by atoms with Gasteiger partial charge in [0.05, 0.1) is 11.0 Å². The van der Waals surface area contributed by atoms with Crippen molar-refractivity contribution in [3.05, 3.63) is 29.1 Å². The van der Waals surface area contributed by atoms with Gasteiger partial charge in [0, 0.05) is 0 Å². The number of aryl methyl sites for hydroxylation is 3. The van der Waals surface area contributed by atoms with E-state index in [-0.39, 0.29) is 0 Å². The number of nitrogens with one attached hydrogen (secondary N) is 1. The molecule has 0 bridgehead atoms. The molecular weight excluding hydrogens is 196 g/mol. The third-order valence-electron chi connectivity index (χ3n) is 3.06. The van der Waals surface area contributed by atoms with Crippen LogP contribution in [0.4, 0.5) is 0 Å². The standard InChI is InChI=1S/C12H14N2.C2H6/c1-8-13-11-6-9-4-2-3-5-10(9)7-12(11)14-8;1-2/h6-7H,2-5H2,1H3,(H,13,14);1-2H3. The summed E-state index contributed by atoms with van der Waals surface area (Å²) in [6.45, 7) is 6.01. The van der Waals surface area contributed by atoms with Crippen LogP contribution in [-0.2, 0) is 12.8 Å². The number of aromatic nitrogens is 2. The van der Waals surface area contributed by atoms with Crippen molar-refractivity contribution in [3.8, 4) is 0 Å². The smallest absolute Gasteiger partial charge is 0.104 e. The van der Waals surface area contributed by atoms with Crippen LogP contribution in [0, 0.1) is 6.92 Å². The zero-order valence-corrected chi connectivity index (χ0v) is 10.4. The first kappa shape index (κ1) is 11.2. The van der Waals surface area contributed by atoms with E-state index in [0.29, 0.717) is 0 Å². The van der Waals surface area contributed by atoms with E-state index in [9.17, 15) is 0 Å². The van der Waals surface area contributed by atoms with E-state index in [4.69, 9.17) is 0 Å². The Bertz CT molecular complexity index is 440. The lowest BCUT2D eigenvalue weighted by Gasteiger charge is -2.14. The van der Waals surface area contributed by atoms with Crippen LogP contribution in [0.15, 0.2) is 12.1 Å². The molecule has 1 heterocycles. The molecule has 3 rings (SSSR count). The van der Waals surface area contributed by atoms with Crippen LogP contribution in [0.3, 0.4) is 0 Å². The summed E-state index contributed by atoms with van der Waals surface area (Å²) in [5, 5.41) is 0. The summed E-state index contributed by atoms with van der Waals surface area (Å²) in [7, 11) is 0. The largest absolute Gasteiger partial charge is 0.342 e. The maximum absolute atomic E-state index is 4.47. The second kappa shape index (κ2) is 4.69. The molecule has 1 aliphatic rings. The quantitative estimate of drug-likeness (QED) is 0.713. The second-order valence-electron chi connectivity index (χ2n) is 4.17. The fourth-order valence-corrected chi connectivity index (χ4v) is 2.37. The maximum atomic E-state index is 4.47. The van der Waals surface area contributed by atoms with Gasteiger partial charge in [-0.2, -0.15) is 0 Å². The van der Waals surface area contributed by atoms with Crippen molar-refractivity contribution in [1.82, 2.24) is 9.97 Å². The topological polar surface area (TPSA) is 28.7 Å². The molecule has 0 aliphatic heterocycles. The summed E-state index contributed by atoms with van der Waals surface area (Å²) in [4.78, 5) is 7.76. The number of fused-ring (bicyclic) bond motifs is 2. The zero-order chi connectivity index (χ0) is 11.5. The normalized spacial score (nSPS) is 14.2. The van der Waals surface area contributed by atoms with Crippen LogP contribution in [0.1, 0.15) is 43.6 Å². The fourth-order valence-electron chi connectivity index (χ4n) is 2.37. The van der Waals surface area contributed by atoms with Gasteiger partial charge in [0.25, 0.3) is 0 Å². The van der Waals surface area contributed by atoms with Gasteiger partial charge in [0.2, 0.25) is 0 Å². The van der Waals surface area contributed by atoms with E-state index in [1.54, 1.807) is 0 Å². The lowest BCUT2D eigenvalue weighted by molar-refractivity contribution is 0.687. The molecule has 0 radical (unpaired) electrons. The highest BCUT2D eigenvalue weighted by atomic mass is 14.9. The Morgan fingerprint density at radius 3 is 2.38 bits per heavy atom. The van der Waals surface area contributed by atoms with Gasteiger partial charge < -0.3 is 4.98 Å².